The predicted octanol–water partition coefficient (Wildman–Crippen LogP) is 4.29. The zero-order chi connectivity index (χ0) is 31.5. The van der Waals surface area contributed by atoms with E-state index in [4.69, 9.17) is 36.3 Å². The maximum Gasteiger partial charge on any atom is 0.338 e. The first-order chi connectivity index (χ1) is 21.8. The summed E-state index contributed by atoms with van der Waals surface area (Å²) in [6.07, 6.45) is -5.37. The van der Waals surface area contributed by atoms with Crippen LogP contribution in [0, 0.1) is 0 Å². The SMILES string of the molecule is Nc1nc(Cl)c2sc(=O)n([C@@H]3O[C@H](COC(=O)c4ccccc4)[C@@H](OC(=O)c4ccccc4)[C@H]3OC(=O)c3ccccc3)c2n1. The summed E-state index contributed by atoms with van der Waals surface area (Å²) in [5, 5.41) is -0.0606. The number of nitrogen functional groups attached to an aromatic ring is 1. The molecule has 1 fully saturated rings. The molecule has 6 rings (SSSR count). The molecule has 5 aromatic rings. The molecule has 2 N–H and O–H groups in total. The number of benzene rings is 3. The molecule has 0 bridgehead atoms. The maximum absolute atomic E-state index is 13.4. The number of anilines is 1. The van der Waals surface area contributed by atoms with Gasteiger partial charge < -0.3 is 24.7 Å². The molecule has 1 aliphatic heterocycles. The van der Waals surface area contributed by atoms with Gasteiger partial charge in [0.25, 0.3) is 0 Å². The molecule has 228 valence electrons. The Hall–Kier alpha value is -5.11. The van der Waals surface area contributed by atoms with Crippen LogP contribution >= 0.6 is 22.9 Å². The lowest BCUT2D eigenvalue weighted by molar-refractivity contribution is -0.0612. The van der Waals surface area contributed by atoms with E-state index < -0.39 is 53.9 Å². The summed E-state index contributed by atoms with van der Waals surface area (Å²) >= 11 is 6.99. The number of rotatable bonds is 8. The Labute approximate surface area is 263 Å². The fourth-order valence-corrected chi connectivity index (χ4v) is 5.91. The van der Waals surface area contributed by atoms with E-state index in [9.17, 15) is 19.2 Å². The second-order valence-corrected chi connectivity index (χ2v) is 11.1. The van der Waals surface area contributed by atoms with Crippen LogP contribution in [-0.2, 0) is 18.9 Å². The summed E-state index contributed by atoms with van der Waals surface area (Å²) in [5.41, 5.74) is 6.54. The standard InChI is InChI=1S/C31H23ClN4O8S/c32-24-23-25(35-30(33)34-24)36(31(40)45-23)26-22(44-29(39)19-14-8-3-9-15-19)21(43-28(38)18-12-6-2-7-13-18)20(42-26)16-41-27(37)17-10-4-1-5-11-17/h1-15,20-22,26H,16H2,(H2,33,34,35)/t20-,21-,22-,26-/m1/s1. The van der Waals surface area contributed by atoms with Gasteiger partial charge in [-0.25, -0.2) is 14.4 Å². The van der Waals surface area contributed by atoms with E-state index in [1.165, 1.54) is 12.1 Å². The predicted molar refractivity (Wildman–Crippen MR) is 163 cm³/mol. The highest BCUT2D eigenvalue weighted by atomic mass is 35.5. The van der Waals surface area contributed by atoms with Gasteiger partial charge in [-0.15, -0.1) is 0 Å². The molecule has 3 heterocycles. The summed E-state index contributed by atoms with van der Waals surface area (Å²) in [5.74, 6) is -2.42. The molecule has 0 aliphatic carbocycles. The van der Waals surface area contributed by atoms with Gasteiger partial charge >= 0.3 is 22.8 Å². The number of aromatic nitrogens is 3. The summed E-state index contributed by atoms with van der Waals surface area (Å²) in [6.45, 7) is -0.426. The minimum atomic E-state index is -1.42. The van der Waals surface area contributed by atoms with Crippen LogP contribution < -0.4 is 10.6 Å². The summed E-state index contributed by atoms with van der Waals surface area (Å²) in [7, 11) is 0. The maximum atomic E-state index is 13.4. The first-order valence-electron chi connectivity index (χ1n) is 13.5. The minimum Gasteiger partial charge on any atom is -0.459 e. The van der Waals surface area contributed by atoms with Crippen LogP contribution in [0.5, 0.6) is 0 Å². The molecule has 4 atom stereocenters. The van der Waals surface area contributed by atoms with Crippen LogP contribution in [0.1, 0.15) is 37.3 Å². The number of hydrogen-bond acceptors (Lipinski definition) is 12. The molecule has 1 aliphatic rings. The normalized spacial score (nSPS) is 19.2. The number of ether oxygens (including phenoxy) is 4. The van der Waals surface area contributed by atoms with Crippen molar-refractivity contribution in [2.75, 3.05) is 12.3 Å². The highest BCUT2D eigenvalue weighted by molar-refractivity contribution is 7.17. The number of esters is 3. The van der Waals surface area contributed by atoms with E-state index >= 15 is 0 Å². The summed E-state index contributed by atoms with van der Waals surface area (Å²) in [6, 6.07) is 24.5. The van der Waals surface area contributed by atoms with E-state index in [1.807, 2.05) is 0 Å². The van der Waals surface area contributed by atoms with Crippen LogP contribution in [0.4, 0.5) is 5.95 Å². The lowest BCUT2D eigenvalue weighted by atomic mass is 10.1. The van der Waals surface area contributed by atoms with E-state index in [0.29, 0.717) is 0 Å². The van der Waals surface area contributed by atoms with Gasteiger partial charge in [-0.3, -0.25) is 9.36 Å². The van der Waals surface area contributed by atoms with E-state index in [-0.39, 0.29) is 38.1 Å². The molecule has 0 saturated carbocycles. The van der Waals surface area contributed by atoms with E-state index in [1.54, 1.807) is 78.9 Å². The first-order valence-corrected chi connectivity index (χ1v) is 14.7. The van der Waals surface area contributed by atoms with Crippen LogP contribution in [0.25, 0.3) is 10.3 Å². The third-order valence-electron chi connectivity index (χ3n) is 6.87. The Morgan fingerprint density at radius 3 is 1.87 bits per heavy atom. The number of halogens is 1. The number of thiazole rings is 1. The highest BCUT2D eigenvalue weighted by Gasteiger charge is 2.52. The topological polar surface area (TPSA) is 162 Å². The average molecular weight is 647 g/mol. The van der Waals surface area contributed by atoms with E-state index in [2.05, 4.69) is 9.97 Å². The van der Waals surface area contributed by atoms with Crippen LogP contribution in [-0.4, -0.2) is 57.4 Å². The van der Waals surface area contributed by atoms with Gasteiger partial charge in [0.1, 0.15) is 17.4 Å². The van der Waals surface area contributed by atoms with Crippen molar-refractivity contribution in [2.45, 2.75) is 24.5 Å². The van der Waals surface area contributed by atoms with Crippen molar-refractivity contribution in [2.24, 2.45) is 0 Å². The molecule has 0 spiro atoms. The van der Waals surface area contributed by atoms with Gasteiger partial charge in [0, 0.05) is 0 Å². The second kappa shape index (κ2) is 12.9. The van der Waals surface area contributed by atoms with Gasteiger partial charge in [-0.2, -0.15) is 9.97 Å². The zero-order valence-electron chi connectivity index (χ0n) is 23.1. The number of nitrogens with zero attached hydrogens (tertiary/aromatic N) is 3. The molecular formula is C31H23ClN4O8S. The lowest BCUT2D eigenvalue weighted by Crippen LogP contribution is -2.42. The third-order valence-corrected chi connectivity index (χ3v) is 8.21. The Balaban J connectivity index is 1.42. The van der Waals surface area contributed by atoms with Crippen LogP contribution in [0.15, 0.2) is 95.8 Å². The van der Waals surface area contributed by atoms with Crippen molar-refractivity contribution in [1.82, 2.24) is 14.5 Å². The average Bonchev–Trinajstić information content (AvgIpc) is 3.56. The largest absolute Gasteiger partial charge is 0.459 e. The lowest BCUT2D eigenvalue weighted by Gasteiger charge is -2.24. The summed E-state index contributed by atoms with van der Waals surface area (Å²) < 4.78 is 24.9. The monoisotopic (exact) mass is 646 g/mol. The Morgan fingerprint density at radius 1 is 0.800 bits per heavy atom. The molecule has 2 aromatic heterocycles. The van der Waals surface area contributed by atoms with Crippen molar-refractivity contribution in [3.8, 4) is 0 Å². The summed E-state index contributed by atoms with van der Waals surface area (Å²) in [4.78, 5) is 60.4. The smallest absolute Gasteiger partial charge is 0.338 e. The van der Waals surface area contributed by atoms with Crippen LogP contribution in [0.2, 0.25) is 5.15 Å². The molecule has 0 radical (unpaired) electrons. The number of carbonyl (C=O) groups is 3. The Kier molecular flexibility index (Phi) is 8.56. The third kappa shape index (κ3) is 6.27. The number of fused-ring (bicyclic) bond motifs is 1. The number of nitrogens with two attached hydrogens (primary N) is 1. The fourth-order valence-electron chi connectivity index (χ4n) is 4.79. The van der Waals surface area contributed by atoms with Crippen LogP contribution in [0.3, 0.4) is 0 Å². The number of hydrogen-bond donors (Lipinski definition) is 1. The van der Waals surface area contributed by atoms with Crippen molar-refractivity contribution >= 4 is 57.1 Å². The van der Waals surface area contributed by atoms with Crippen molar-refractivity contribution in [3.05, 3.63) is 123 Å². The Bertz CT molecular complexity index is 1920. The highest BCUT2D eigenvalue weighted by Crippen LogP contribution is 2.37. The van der Waals surface area contributed by atoms with Gasteiger partial charge in [-0.1, -0.05) is 77.5 Å². The van der Waals surface area contributed by atoms with Gasteiger partial charge in [0.15, 0.2) is 29.2 Å². The molecule has 1 saturated heterocycles. The van der Waals surface area contributed by atoms with Gasteiger partial charge in [0.05, 0.1) is 16.7 Å². The Morgan fingerprint density at radius 2 is 1.31 bits per heavy atom. The van der Waals surface area contributed by atoms with Crippen molar-refractivity contribution in [3.63, 3.8) is 0 Å². The second-order valence-electron chi connectivity index (χ2n) is 9.76. The number of carbonyl (C=O) groups excluding carboxylic acids is 3. The quantitative estimate of drug-likeness (QED) is 0.145. The first kappa shape index (κ1) is 29.9. The fraction of sp³-hybridized carbons (Fsp3) is 0.161. The van der Waals surface area contributed by atoms with Crippen molar-refractivity contribution in [1.29, 1.82) is 0 Å². The molecule has 0 unspecified atom stereocenters. The van der Waals surface area contributed by atoms with Gasteiger partial charge in [-0.05, 0) is 36.4 Å². The van der Waals surface area contributed by atoms with Gasteiger partial charge in [0.2, 0.25) is 5.95 Å². The molecule has 12 nitrogen and oxygen atoms in total. The van der Waals surface area contributed by atoms with Crippen molar-refractivity contribution < 1.29 is 33.3 Å². The molecule has 3 aromatic carbocycles. The zero-order valence-corrected chi connectivity index (χ0v) is 24.7. The van der Waals surface area contributed by atoms with E-state index in [0.717, 1.165) is 15.9 Å². The molecule has 0 amide bonds. The molecule has 14 heteroatoms. The minimum absolute atomic E-state index is 0.0170. The molecular weight excluding hydrogens is 624 g/mol. The molecule has 45 heavy (non-hydrogen) atoms.